The number of unbranched alkanes of at least 4 members (excludes halogenated alkanes) is 1. The second-order valence-electron chi connectivity index (χ2n) is 4.39. The first-order valence-corrected chi connectivity index (χ1v) is 9.30. The zero-order chi connectivity index (χ0) is 15.0. The topological polar surface area (TPSA) is 58.2 Å². The number of hydrogen-bond acceptors (Lipinski definition) is 4. The third-order valence-electron chi connectivity index (χ3n) is 2.73. The van der Waals surface area contributed by atoms with E-state index in [0.29, 0.717) is 13.1 Å². The summed E-state index contributed by atoms with van der Waals surface area (Å²) in [6.45, 7) is 0.828. The molecule has 0 bridgehead atoms. The highest BCUT2D eigenvalue weighted by atomic mass is 32.2. The Morgan fingerprint density at radius 2 is 2.05 bits per heavy atom. The molecule has 1 aromatic rings. The molecule has 0 fully saturated rings. The maximum Gasteiger partial charge on any atom is 0.243 e. The number of thioether (sulfide) groups is 1. The minimum Gasteiger partial charge on any atom is -0.316 e. The Labute approximate surface area is 124 Å². The molecule has 1 aromatic carbocycles. The van der Waals surface area contributed by atoms with Crippen LogP contribution in [0.3, 0.4) is 0 Å². The lowest BCUT2D eigenvalue weighted by atomic mass is 10.2. The summed E-state index contributed by atoms with van der Waals surface area (Å²) in [4.78, 5) is -0.282. The normalized spacial score (nSPS) is 11.8. The fourth-order valence-electron chi connectivity index (χ4n) is 1.72. The van der Waals surface area contributed by atoms with Gasteiger partial charge in [0.05, 0.1) is 0 Å². The largest absolute Gasteiger partial charge is 0.316 e. The van der Waals surface area contributed by atoms with E-state index in [2.05, 4.69) is 10.0 Å². The van der Waals surface area contributed by atoms with Gasteiger partial charge in [-0.2, -0.15) is 11.8 Å². The third-order valence-corrected chi connectivity index (χ3v) is 4.91. The lowest BCUT2D eigenvalue weighted by Gasteiger charge is -2.09. The predicted octanol–water partition coefficient (Wildman–Crippen LogP) is 1.97. The molecule has 1 rings (SSSR count). The summed E-state index contributed by atoms with van der Waals surface area (Å²) < 4.78 is 40.3. The Hall–Kier alpha value is -0.630. The van der Waals surface area contributed by atoms with Crippen LogP contribution in [-0.2, 0) is 16.6 Å². The molecule has 114 valence electrons. The molecular formula is C13H21FN2O2S2. The quantitative estimate of drug-likeness (QED) is 0.683. The highest BCUT2D eigenvalue weighted by Crippen LogP contribution is 2.16. The summed E-state index contributed by atoms with van der Waals surface area (Å²) in [5.74, 6) is 0.273. The minimum atomic E-state index is -3.78. The molecule has 0 atom stereocenters. The molecule has 4 nitrogen and oxygen atoms in total. The fourth-order valence-corrected chi connectivity index (χ4v) is 3.42. The molecule has 0 amide bonds. The first-order valence-electron chi connectivity index (χ1n) is 6.43. The summed E-state index contributed by atoms with van der Waals surface area (Å²) in [6.07, 6.45) is 3.69. The van der Waals surface area contributed by atoms with E-state index in [4.69, 9.17) is 0 Å². The first-order chi connectivity index (χ1) is 9.51. The molecule has 0 aliphatic rings. The number of hydrogen-bond donors (Lipinski definition) is 2. The summed E-state index contributed by atoms with van der Waals surface area (Å²) in [6, 6.07) is 4.13. The second-order valence-corrected chi connectivity index (χ2v) is 7.11. The van der Waals surface area contributed by atoms with Gasteiger partial charge in [0.1, 0.15) is 10.7 Å². The van der Waals surface area contributed by atoms with E-state index in [1.807, 2.05) is 6.26 Å². The van der Waals surface area contributed by atoms with E-state index in [0.717, 1.165) is 24.2 Å². The maximum absolute atomic E-state index is 13.7. The van der Waals surface area contributed by atoms with Crippen molar-refractivity contribution in [3.8, 4) is 0 Å². The molecule has 0 heterocycles. The van der Waals surface area contributed by atoms with Crippen LogP contribution in [0.15, 0.2) is 23.1 Å². The third kappa shape index (κ3) is 5.40. The molecule has 7 heteroatoms. The molecule has 0 aliphatic carbocycles. The van der Waals surface area contributed by atoms with Gasteiger partial charge in [-0.15, -0.1) is 0 Å². The molecule has 0 radical (unpaired) electrons. The number of halogens is 1. The van der Waals surface area contributed by atoms with Crippen LogP contribution in [0.5, 0.6) is 0 Å². The zero-order valence-corrected chi connectivity index (χ0v) is 13.4. The van der Waals surface area contributed by atoms with Gasteiger partial charge in [-0.1, -0.05) is 6.07 Å². The van der Waals surface area contributed by atoms with Crippen molar-refractivity contribution < 1.29 is 12.8 Å². The van der Waals surface area contributed by atoms with Crippen molar-refractivity contribution in [1.82, 2.24) is 10.0 Å². The van der Waals surface area contributed by atoms with Gasteiger partial charge >= 0.3 is 0 Å². The molecule has 0 saturated heterocycles. The van der Waals surface area contributed by atoms with Crippen LogP contribution >= 0.6 is 11.8 Å². The number of rotatable bonds is 9. The van der Waals surface area contributed by atoms with Gasteiger partial charge in [0.2, 0.25) is 10.0 Å². The number of benzene rings is 1. The monoisotopic (exact) mass is 320 g/mol. The molecule has 2 N–H and O–H groups in total. The predicted molar refractivity (Wildman–Crippen MR) is 82.0 cm³/mol. The minimum absolute atomic E-state index is 0.282. The number of sulfonamides is 1. The van der Waals surface area contributed by atoms with Crippen molar-refractivity contribution in [2.75, 3.05) is 25.6 Å². The highest BCUT2D eigenvalue weighted by Gasteiger charge is 2.18. The van der Waals surface area contributed by atoms with Crippen molar-refractivity contribution in [2.24, 2.45) is 0 Å². The highest BCUT2D eigenvalue weighted by molar-refractivity contribution is 7.98. The molecule has 20 heavy (non-hydrogen) atoms. The van der Waals surface area contributed by atoms with Crippen LogP contribution in [0.4, 0.5) is 4.39 Å². The Morgan fingerprint density at radius 3 is 2.70 bits per heavy atom. The van der Waals surface area contributed by atoms with Crippen LogP contribution in [0.25, 0.3) is 0 Å². The van der Waals surface area contributed by atoms with E-state index in [1.54, 1.807) is 24.9 Å². The van der Waals surface area contributed by atoms with E-state index < -0.39 is 15.8 Å². The summed E-state index contributed by atoms with van der Waals surface area (Å²) in [5.41, 5.74) is 0.733. The van der Waals surface area contributed by atoms with Gasteiger partial charge in [0.25, 0.3) is 0 Å². The average molecular weight is 320 g/mol. The van der Waals surface area contributed by atoms with Crippen molar-refractivity contribution in [3.05, 3.63) is 29.6 Å². The van der Waals surface area contributed by atoms with Crippen molar-refractivity contribution in [3.63, 3.8) is 0 Å². The van der Waals surface area contributed by atoms with Crippen LogP contribution < -0.4 is 10.0 Å². The first kappa shape index (κ1) is 17.4. The molecule has 0 saturated carbocycles. The second kappa shape index (κ2) is 8.61. The van der Waals surface area contributed by atoms with Gasteiger partial charge in [-0.25, -0.2) is 17.5 Å². The van der Waals surface area contributed by atoms with E-state index in [1.165, 1.54) is 12.1 Å². The van der Waals surface area contributed by atoms with Gasteiger partial charge in [0.15, 0.2) is 0 Å². The molecular weight excluding hydrogens is 299 g/mol. The Bertz CT molecular complexity index is 521. The maximum atomic E-state index is 13.7. The zero-order valence-electron chi connectivity index (χ0n) is 11.8. The Morgan fingerprint density at radius 1 is 1.30 bits per heavy atom. The van der Waals surface area contributed by atoms with Gasteiger partial charge in [-0.3, -0.25) is 0 Å². The molecule has 0 spiro atoms. The van der Waals surface area contributed by atoms with Crippen molar-refractivity contribution in [2.45, 2.75) is 24.3 Å². The summed E-state index contributed by atoms with van der Waals surface area (Å²) in [7, 11) is -2.03. The summed E-state index contributed by atoms with van der Waals surface area (Å²) >= 11 is 1.72. The lowest BCUT2D eigenvalue weighted by Crippen LogP contribution is -2.26. The van der Waals surface area contributed by atoms with E-state index in [9.17, 15) is 12.8 Å². The van der Waals surface area contributed by atoms with E-state index >= 15 is 0 Å². The Kier molecular flexibility index (Phi) is 7.50. The van der Waals surface area contributed by atoms with Crippen LogP contribution in [-0.4, -0.2) is 34.0 Å². The van der Waals surface area contributed by atoms with Crippen LogP contribution in [0.1, 0.15) is 18.4 Å². The standard InChI is InChI=1S/C13H21FN2O2S2/c1-15-10-11-5-6-12(14)13(9-11)20(17,18)16-7-3-4-8-19-2/h5-6,9,15-16H,3-4,7-8,10H2,1-2H3. The van der Waals surface area contributed by atoms with Crippen LogP contribution in [0.2, 0.25) is 0 Å². The summed E-state index contributed by atoms with van der Waals surface area (Å²) in [5, 5.41) is 2.91. The fraction of sp³-hybridized carbons (Fsp3) is 0.538. The van der Waals surface area contributed by atoms with Gasteiger partial charge in [-0.05, 0) is 49.6 Å². The Balaban J connectivity index is 2.73. The molecule has 0 unspecified atom stereocenters. The SMILES string of the molecule is CNCc1ccc(F)c(S(=O)(=O)NCCCCSC)c1. The lowest BCUT2D eigenvalue weighted by molar-refractivity contribution is 0.554. The smallest absolute Gasteiger partial charge is 0.243 e. The van der Waals surface area contributed by atoms with Crippen LogP contribution in [0, 0.1) is 5.82 Å². The van der Waals surface area contributed by atoms with Gasteiger partial charge < -0.3 is 5.32 Å². The van der Waals surface area contributed by atoms with Crippen molar-refractivity contribution in [1.29, 1.82) is 0 Å². The van der Waals surface area contributed by atoms with Gasteiger partial charge in [0, 0.05) is 13.1 Å². The molecule has 0 aliphatic heterocycles. The van der Waals surface area contributed by atoms with E-state index in [-0.39, 0.29) is 4.90 Å². The molecule has 0 aromatic heterocycles. The number of nitrogens with one attached hydrogen (secondary N) is 2. The average Bonchev–Trinajstić information content (AvgIpc) is 2.41. The van der Waals surface area contributed by atoms with Crippen molar-refractivity contribution >= 4 is 21.8 Å².